The molecule has 9 heteroatoms. The Hall–Kier alpha value is -3.14. The molecule has 0 radical (unpaired) electrons. The lowest BCUT2D eigenvalue weighted by Crippen LogP contribution is -2.48. The van der Waals surface area contributed by atoms with Crippen LogP contribution in [0.3, 0.4) is 0 Å². The van der Waals surface area contributed by atoms with E-state index in [2.05, 4.69) is 57.7 Å². The van der Waals surface area contributed by atoms with E-state index >= 15 is 0 Å². The number of amides is 1. The maximum absolute atomic E-state index is 14.4. The highest BCUT2D eigenvalue weighted by molar-refractivity contribution is 5.94. The van der Waals surface area contributed by atoms with Crippen LogP contribution in [-0.2, 0) is 24.2 Å². The third kappa shape index (κ3) is 6.59. The number of fused-ring (bicyclic) bond motifs is 1. The van der Waals surface area contributed by atoms with Gasteiger partial charge in [0.05, 0.1) is 17.9 Å². The average molecular weight is 551 g/mol. The standard InChI is InChI=1S/C31H40F2N6O/c1-4-7-28(35-24-11-10-21-14-23(32)15-27(33)26(21)16-24)31(40)36-30-19-39(20-34-30)29-9-6-5-8-22(29)17-38(3)25-12-13-37(2)18-25/h5-6,8-9,14-15,19-20,24-25,28,35H,4,7,10-13,16-18H2,1-3H3,(H,36,40)/t24-,25?,28?/m0/s1. The summed E-state index contributed by atoms with van der Waals surface area (Å²) in [7, 11) is 4.35. The molecule has 2 aliphatic rings. The minimum atomic E-state index is -0.540. The number of benzene rings is 2. The van der Waals surface area contributed by atoms with Crippen molar-refractivity contribution in [2.24, 2.45) is 0 Å². The fourth-order valence-electron chi connectivity index (χ4n) is 6.09. The monoisotopic (exact) mass is 550 g/mol. The predicted molar refractivity (Wildman–Crippen MR) is 154 cm³/mol. The minimum absolute atomic E-state index is 0.0594. The molecule has 1 fully saturated rings. The van der Waals surface area contributed by atoms with Crippen LogP contribution in [0.15, 0.2) is 48.9 Å². The lowest BCUT2D eigenvalue weighted by molar-refractivity contribution is -0.118. The highest BCUT2D eigenvalue weighted by Gasteiger charge is 2.28. The molecule has 2 heterocycles. The van der Waals surface area contributed by atoms with Crippen LogP contribution in [0, 0.1) is 11.6 Å². The van der Waals surface area contributed by atoms with E-state index in [1.807, 2.05) is 23.8 Å². The third-order valence-electron chi connectivity index (χ3n) is 8.31. The van der Waals surface area contributed by atoms with Crippen molar-refractivity contribution in [1.82, 2.24) is 24.7 Å². The second-order valence-electron chi connectivity index (χ2n) is 11.4. The number of aromatic nitrogens is 2. The Labute approximate surface area is 235 Å². The van der Waals surface area contributed by atoms with Gasteiger partial charge in [-0.1, -0.05) is 31.5 Å². The van der Waals surface area contributed by atoms with Gasteiger partial charge in [-0.05, 0) is 81.6 Å². The number of hydrogen-bond donors (Lipinski definition) is 2. The Bertz CT molecular complexity index is 1330. The molecule has 1 amide bonds. The first-order valence-corrected chi connectivity index (χ1v) is 14.4. The van der Waals surface area contributed by atoms with Gasteiger partial charge in [-0.3, -0.25) is 9.69 Å². The van der Waals surface area contributed by atoms with Gasteiger partial charge in [0.2, 0.25) is 5.91 Å². The first-order valence-electron chi connectivity index (χ1n) is 14.4. The fraction of sp³-hybridized carbons (Fsp3) is 0.484. The van der Waals surface area contributed by atoms with Crippen LogP contribution in [0.5, 0.6) is 0 Å². The van der Waals surface area contributed by atoms with E-state index in [0.29, 0.717) is 36.7 Å². The molecule has 40 heavy (non-hydrogen) atoms. The first kappa shape index (κ1) is 28.4. The SMILES string of the molecule is CCCC(N[C@H]1CCc2cc(F)cc(F)c2C1)C(=O)Nc1cn(-c2ccccc2CN(C)C2CCN(C)C2)cn1. The Balaban J connectivity index is 1.24. The smallest absolute Gasteiger partial charge is 0.242 e. The predicted octanol–water partition coefficient (Wildman–Crippen LogP) is 4.54. The van der Waals surface area contributed by atoms with E-state index in [9.17, 15) is 13.6 Å². The number of likely N-dealkylation sites (tertiary alicyclic amines) is 1. The normalized spacial score (nSPS) is 20.1. The van der Waals surface area contributed by atoms with Gasteiger partial charge < -0.3 is 20.1 Å². The van der Waals surface area contributed by atoms with Gasteiger partial charge in [-0.25, -0.2) is 13.8 Å². The molecular formula is C31H40F2N6O. The molecular weight excluding hydrogens is 510 g/mol. The van der Waals surface area contributed by atoms with E-state index in [0.717, 1.165) is 49.8 Å². The molecule has 1 aliphatic heterocycles. The van der Waals surface area contributed by atoms with Gasteiger partial charge in [-0.15, -0.1) is 0 Å². The number of likely N-dealkylation sites (N-methyl/N-ethyl adjacent to an activating group) is 2. The number of hydrogen-bond acceptors (Lipinski definition) is 5. The summed E-state index contributed by atoms with van der Waals surface area (Å²) in [6.07, 6.45) is 7.96. The number of nitrogens with one attached hydrogen (secondary N) is 2. The largest absolute Gasteiger partial charge is 0.308 e. The van der Waals surface area contributed by atoms with Crippen molar-refractivity contribution in [2.75, 3.05) is 32.5 Å². The summed E-state index contributed by atoms with van der Waals surface area (Å²) in [6.45, 7) is 5.06. The molecule has 3 atom stereocenters. The molecule has 2 unspecified atom stereocenters. The number of rotatable bonds is 10. The zero-order chi connectivity index (χ0) is 28.2. The van der Waals surface area contributed by atoms with E-state index < -0.39 is 17.7 Å². The topological polar surface area (TPSA) is 65.4 Å². The van der Waals surface area contributed by atoms with Gasteiger partial charge in [0.1, 0.15) is 18.0 Å². The molecule has 1 aliphatic carbocycles. The summed E-state index contributed by atoms with van der Waals surface area (Å²) < 4.78 is 30.0. The Morgan fingerprint density at radius 2 is 2.05 bits per heavy atom. The summed E-state index contributed by atoms with van der Waals surface area (Å²) in [5.74, 6) is -0.716. The van der Waals surface area contributed by atoms with Crippen molar-refractivity contribution < 1.29 is 13.6 Å². The molecule has 1 aromatic heterocycles. The van der Waals surface area contributed by atoms with Crippen LogP contribution >= 0.6 is 0 Å². The van der Waals surface area contributed by atoms with E-state index in [1.54, 1.807) is 6.33 Å². The van der Waals surface area contributed by atoms with Gasteiger partial charge in [-0.2, -0.15) is 0 Å². The number of halogens is 2. The molecule has 0 bridgehead atoms. The molecule has 2 aromatic carbocycles. The van der Waals surface area contributed by atoms with Crippen molar-refractivity contribution in [3.8, 4) is 5.69 Å². The van der Waals surface area contributed by atoms with Gasteiger partial charge >= 0.3 is 0 Å². The number of carbonyl (C=O) groups excluding carboxylic acids is 1. The average Bonchev–Trinajstić information content (AvgIpc) is 3.58. The molecule has 0 saturated carbocycles. The lowest BCUT2D eigenvalue weighted by atomic mass is 9.87. The maximum atomic E-state index is 14.4. The Morgan fingerprint density at radius 3 is 2.83 bits per heavy atom. The van der Waals surface area contributed by atoms with Crippen molar-refractivity contribution in [3.63, 3.8) is 0 Å². The third-order valence-corrected chi connectivity index (χ3v) is 8.31. The zero-order valence-electron chi connectivity index (χ0n) is 23.7. The van der Waals surface area contributed by atoms with Gasteiger partial charge in [0, 0.05) is 31.2 Å². The Kier molecular flexibility index (Phi) is 8.93. The van der Waals surface area contributed by atoms with Crippen LogP contribution in [0.1, 0.15) is 49.3 Å². The molecule has 1 saturated heterocycles. The summed E-state index contributed by atoms with van der Waals surface area (Å²) >= 11 is 0. The van der Waals surface area contributed by atoms with E-state index in [1.165, 1.54) is 18.1 Å². The van der Waals surface area contributed by atoms with Crippen molar-refractivity contribution in [1.29, 1.82) is 0 Å². The molecule has 7 nitrogen and oxygen atoms in total. The molecule has 3 aromatic rings. The number of nitrogens with zero attached hydrogens (tertiary/aromatic N) is 4. The minimum Gasteiger partial charge on any atom is -0.308 e. The van der Waals surface area contributed by atoms with Crippen molar-refractivity contribution in [2.45, 2.75) is 70.1 Å². The number of anilines is 1. The second kappa shape index (κ2) is 12.6. The highest BCUT2D eigenvalue weighted by atomic mass is 19.1. The van der Waals surface area contributed by atoms with Crippen molar-refractivity contribution in [3.05, 3.63) is 77.2 Å². The van der Waals surface area contributed by atoms with Gasteiger partial charge in [0.15, 0.2) is 5.82 Å². The molecule has 214 valence electrons. The van der Waals surface area contributed by atoms with E-state index in [-0.39, 0.29) is 11.9 Å². The second-order valence-corrected chi connectivity index (χ2v) is 11.4. The molecule has 0 spiro atoms. The number of carbonyl (C=O) groups is 1. The first-order chi connectivity index (χ1) is 19.3. The summed E-state index contributed by atoms with van der Waals surface area (Å²) in [4.78, 5) is 22.6. The highest BCUT2D eigenvalue weighted by Crippen LogP contribution is 2.26. The fourth-order valence-corrected chi connectivity index (χ4v) is 6.09. The zero-order valence-corrected chi connectivity index (χ0v) is 23.7. The van der Waals surface area contributed by atoms with Crippen LogP contribution in [0.25, 0.3) is 5.69 Å². The summed E-state index contributed by atoms with van der Waals surface area (Å²) in [5.41, 5.74) is 3.50. The van der Waals surface area contributed by atoms with Crippen LogP contribution in [0.2, 0.25) is 0 Å². The lowest BCUT2D eigenvalue weighted by Gasteiger charge is -2.29. The maximum Gasteiger partial charge on any atom is 0.242 e. The van der Waals surface area contributed by atoms with Gasteiger partial charge in [0.25, 0.3) is 0 Å². The summed E-state index contributed by atoms with van der Waals surface area (Å²) in [6, 6.07) is 10.7. The molecule has 5 rings (SSSR count). The number of aryl methyl sites for hydroxylation is 1. The molecule has 2 N–H and O–H groups in total. The Morgan fingerprint density at radius 1 is 1.23 bits per heavy atom. The van der Waals surface area contributed by atoms with E-state index in [4.69, 9.17) is 0 Å². The van der Waals surface area contributed by atoms with Crippen LogP contribution in [-0.4, -0.2) is 70.6 Å². The number of para-hydroxylation sites is 1. The van der Waals surface area contributed by atoms with Crippen LogP contribution < -0.4 is 10.6 Å². The van der Waals surface area contributed by atoms with Crippen molar-refractivity contribution >= 4 is 11.7 Å². The quantitative estimate of drug-likeness (QED) is 0.388. The van der Waals surface area contributed by atoms with Crippen LogP contribution in [0.4, 0.5) is 14.6 Å². The summed E-state index contributed by atoms with van der Waals surface area (Å²) in [5, 5.41) is 6.42. The number of imidazole rings is 1.